The number of hydrogen-bond donors (Lipinski definition) is 0. The number of fused-ring (bicyclic) bond motifs is 2. The van der Waals surface area contributed by atoms with Gasteiger partial charge in [0.05, 0.1) is 0 Å². The third-order valence-electron chi connectivity index (χ3n) is 6.53. The molecule has 1 aliphatic rings. The van der Waals surface area contributed by atoms with E-state index in [-0.39, 0.29) is 5.91 Å². The predicted octanol–water partition coefficient (Wildman–Crippen LogP) is 6.70. The topological polar surface area (TPSA) is 32.8 Å². The van der Waals surface area contributed by atoms with Crippen LogP contribution in [0.1, 0.15) is 43.4 Å². The molecule has 0 atom stereocenters. The molecule has 0 unspecified atom stereocenters. The second-order valence-electron chi connectivity index (χ2n) is 9.19. The molecule has 0 fully saturated rings. The van der Waals surface area contributed by atoms with Crippen LogP contribution in [0.15, 0.2) is 82.6 Å². The molecule has 4 nitrogen and oxygen atoms in total. The van der Waals surface area contributed by atoms with Crippen LogP contribution in [-0.2, 0) is 4.79 Å². The summed E-state index contributed by atoms with van der Waals surface area (Å²) in [5, 5.41) is 0. The molecule has 4 rings (SSSR count). The quantitative estimate of drug-likeness (QED) is 0.310. The van der Waals surface area contributed by atoms with Gasteiger partial charge in [0.15, 0.2) is 0 Å². The first-order valence-electron chi connectivity index (χ1n) is 12.8. The Labute approximate surface area is 220 Å². The zero-order chi connectivity index (χ0) is 25.5. The molecule has 5 heteroatoms. The standard InChI is InChI=1S/C31H36N2O2S/c1-5-33(6-2)30(34)19-18-26-25-14-10-11-15-28(25)36-29-22-24(35-21-20-32(3)4)16-17-27(29)31(26)23-12-8-7-9-13-23/h7-17,22H,5-6,18-21H2,1-4H3. The van der Waals surface area contributed by atoms with Gasteiger partial charge in [0, 0.05) is 35.8 Å². The van der Waals surface area contributed by atoms with Gasteiger partial charge in [0.1, 0.15) is 12.4 Å². The Kier molecular flexibility index (Phi) is 8.89. The molecule has 188 valence electrons. The fraction of sp³-hybridized carbons (Fsp3) is 0.323. The van der Waals surface area contributed by atoms with Crippen LogP contribution >= 0.6 is 11.8 Å². The second-order valence-corrected chi connectivity index (χ2v) is 10.3. The normalized spacial score (nSPS) is 12.7. The monoisotopic (exact) mass is 500 g/mol. The van der Waals surface area contributed by atoms with E-state index in [2.05, 4.69) is 91.8 Å². The maximum Gasteiger partial charge on any atom is 0.222 e. The van der Waals surface area contributed by atoms with E-state index >= 15 is 0 Å². The van der Waals surface area contributed by atoms with Crippen molar-refractivity contribution in [3.8, 4) is 5.75 Å². The SMILES string of the molecule is CCN(CC)C(=O)CCC1=C(c2ccccc2)c2ccc(OCCN(C)C)cc2Sc2ccccc21. The molecule has 0 saturated heterocycles. The molecule has 1 heterocycles. The lowest BCUT2D eigenvalue weighted by atomic mass is 9.87. The molecule has 1 aliphatic heterocycles. The lowest BCUT2D eigenvalue weighted by Gasteiger charge is -2.21. The van der Waals surface area contributed by atoms with Gasteiger partial charge in [-0.25, -0.2) is 0 Å². The number of carbonyl (C=O) groups is 1. The van der Waals surface area contributed by atoms with Crippen LogP contribution in [0.5, 0.6) is 5.75 Å². The summed E-state index contributed by atoms with van der Waals surface area (Å²) in [4.78, 5) is 19.4. The number of allylic oxidation sites excluding steroid dienone is 1. The van der Waals surface area contributed by atoms with Crippen molar-refractivity contribution in [2.45, 2.75) is 36.5 Å². The summed E-state index contributed by atoms with van der Waals surface area (Å²) in [5.74, 6) is 1.09. The highest BCUT2D eigenvalue weighted by molar-refractivity contribution is 7.99. The number of nitrogens with zero attached hydrogens (tertiary/aromatic N) is 2. The van der Waals surface area contributed by atoms with Crippen LogP contribution in [0, 0.1) is 0 Å². The maximum absolute atomic E-state index is 13.0. The van der Waals surface area contributed by atoms with E-state index in [0.29, 0.717) is 19.4 Å². The van der Waals surface area contributed by atoms with Crippen molar-refractivity contribution in [1.82, 2.24) is 9.80 Å². The summed E-state index contributed by atoms with van der Waals surface area (Å²) >= 11 is 1.78. The summed E-state index contributed by atoms with van der Waals surface area (Å²) in [6.07, 6.45) is 1.19. The van der Waals surface area contributed by atoms with Gasteiger partial charge in [-0.05, 0) is 86.5 Å². The molecule has 0 bridgehead atoms. The minimum atomic E-state index is 0.208. The van der Waals surface area contributed by atoms with Crippen LogP contribution in [0.4, 0.5) is 0 Å². The second kappa shape index (κ2) is 12.3. The molecule has 0 aliphatic carbocycles. The summed E-state index contributed by atoms with van der Waals surface area (Å²) < 4.78 is 6.09. The lowest BCUT2D eigenvalue weighted by Crippen LogP contribution is -2.30. The third kappa shape index (κ3) is 6.03. The Morgan fingerprint density at radius 1 is 0.861 bits per heavy atom. The van der Waals surface area contributed by atoms with E-state index < -0.39 is 0 Å². The highest BCUT2D eigenvalue weighted by Gasteiger charge is 2.25. The zero-order valence-electron chi connectivity index (χ0n) is 21.8. The summed E-state index contributed by atoms with van der Waals surface area (Å²) in [6, 6.07) is 25.6. The van der Waals surface area contributed by atoms with Crippen molar-refractivity contribution in [3.05, 3.63) is 89.5 Å². The van der Waals surface area contributed by atoms with Crippen LogP contribution in [-0.4, -0.2) is 56.0 Å². The van der Waals surface area contributed by atoms with Crippen molar-refractivity contribution in [2.24, 2.45) is 0 Å². The average Bonchev–Trinajstić information content (AvgIpc) is 3.02. The Hall–Kier alpha value is -3.02. The van der Waals surface area contributed by atoms with Crippen molar-refractivity contribution >= 4 is 28.8 Å². The van der Waals surface area contributed by atoms with Crippen LogP contribution in [0.3, 0.4) is 0 Å². The van der Waals surface area contributed by atoms with Crippen molar-refractivity contribution in [3.63, 3.8) is 0 Å². The summed E-state index contributed by atoms with van der Waals surface area (Å²) in [6.45, 7) is 7.09. The summed E-state index contributed by atoms with van der Waals surface area (Å²) in [7, 11) is 4.10. The van der Waals surface area contributed by atoms with Crippen molar-refractivity contribution in [2.75, 3.05) is 40.3 Å². The zero-order valence-corrected chi connectivity index (χ0v) is 22.6. The molecule has 3 aromatic rings. The number of rotatable bonds is 10. The van der Waals surface area contributed by atoms with Gasteiger partial charge in [-0.15, -0.1) is 0 Å². The lowest BCUT2D eigenvalue weighted by molar-refractivity contribution is -0.130. The fourth-order valence-electron chi connectivity index (χ4n) is 4.61. The predicted molar refractivity (Wildman–Crippen MR) is 151 cm³/mol. The number of carbonyl (C=O) groups excluding carboxylic acids is 1. The minimum Gasteiger partial charge on any atom is -0.492 e. The smallest absolute Gasteiger partial charge is 0.222 e. The van der Waals surface area contributed by atoms with Gasteiger partial charge in [0.2, 0.25) is 5.91 Å². The van der Waals surface area contributed by atoms with Crippen molar-refractivity contribution < 1.29 is 9.53 Å². The molecular formula is C31H36N2O2S. The van der Waals surface area contributed by atoms with Gasteiger partial charge in [-0.2, -0.15) is 0 Å². The molecule has 3 aromatic carbocycles. The maximum atomic E-state index is 13.0. The number of amides is 1. The van der Waals surface area contributed by atoms with Gasteiger partial charge < -0.3 is 14.5 Å². The molecular weight excluding hydrogens is 464 g/mol. The van der Waals surface area contributed by atoms with Gasteiger partial charge in [-0.3, -0.25) is 4.79 Å². The van der Waals surface area contributed by atoms with E-state index in [0.717, 1.165) is 25.4 Å². The Morgan fingerprint density at radius 3 is 2.31 bits per heavy atom. The van der Waals surface area contributed by atoms with Crippen LogP contribution in [0.2, 0.25) is 0 Å². The average molecular weight is 501 g/mol. The number of hydrogen-bond acceptors (Lipinski definition) is 4. The first kappa shape index (κ1) is 26.1. The van der Waals surface area contributed by atoms with Gasteiger partial charge >= 0.3 is 0 Å². The van der Waals surface area contributed by atoms with Gasteiger partial charge in [0.25, 0.3) is 0 Å². The number of benzene rings is 3. The van der Waals surface area contributed by atoms with E-state index in [1.54, 1.807) is 11.8 Å². The van der Waals surface area contributed by atoms with E-state index in [1.807, 2.05) is 18.7 Å². The van der Waals surface area contributed by atoms with Crippen LogP contribution in [0.25, 0.3) is 11.1 Å². The fourth-order valence-corrected chi connectivity index (χ4v) is 5.75. The van der Waals surface area contributed by atoms with E-state index in [4.69, 9.17) is 4.74 Å². The van der Waals surface area contributed by atoms with Gasteiger partial charge in [-0.1, -0.05) is 60.3 Å². The molecule has 0 aromatic heterocycles. The first-order chi connectivity index (χ1) is 17.5. The largest absolute Gasteiger partial charge is 0.492 e. The molecule has 0 radical (unpaired) electrons. The minimum absolute atomic E-state index is 0.208. The Balaban J connectivity index is 1.82. The third-order valence-corrected chi connectivity index (χ3v) is 7.66. The molecule has 0 N–H and O–H groups in total. The summed E-state index contributed by atoms with van der Waals surface area (Å²) in [5.41, 5.74) is 6.00. The number of ether oxygens (including phenoxy) is 1. The highest BCUT2D eigenvalue weighted by Crippen LogP contribution is 2.48. The van der Waals surface area contributed by atoms with E-state index in [9.17, 15) is 4.79 Å². The molecule has 1 amide bonds. The molecule has 0 spiro atoms. The first-order valence-corrected chi connectivity index (χ1v) is 13.6. The number of likely N-dealkylation sites (N-methyl/N-ethyl adjacent to an activating group) is 1. The van der Waals surface area contributed by atoms with Crippen LogP contribution < -0.4 is 4.74 Å². The van der Waals surface area contributed by atoms with Crippen molar-refractivity contribution in [1.29, 1.82) is 0 Å². The Morgan fingerprint density at radius 2 is 1.58 bits per heavy atom. The highest BCUT2D eigenvalue weighted by atomic mass is 32.2. The molecule has 0 saturated carbocycles. The Bertz CT molecular complexity index is 1220. The molecule has 36 heavy (non-hydrogen) atoms. The van der Waals surface area contributed by atoms with E-state index in [1.165, 1.54) is 37.6 Å².